The first kappa shape index (κ1) is 85.9. The van der Waals surface area contributed by atoms with Crippen molar-refractivity contribution < 1.29 is 51.8 Å². The molecule has 530 valence electrons. The van der Waals surface area contributed by atoms with E-state index in [1.54, 1.807) is 0 Å². The molecule has 7 unspecified atom stereocenters. The maximum absolute atomic E-state index is 13.3. The van der Waals surface area contributed by atoms with Crippen molar-refractivity contribution in [2.45, 2.75) is 455 Å². The summed E-state index contributed by atoms with van der Waals surface area (Å²) in [6, 6.07) is -0.857. The van der Waals surface area contributed by atoms with Gasteiger partial charge in [-0.2, -0.15) is 8.42 Å². The lowest BCUT2D eigenvalue weighted by Crippen LogP contribution is -2.61. The topological polar surface area (TPSA) is 192 Å². The van der Waals surface area contributed by atoms with Gasteiger partial charge in [0.05, 0.1) is 25.4 Å². The van der Waals surface area contributed by atoms with Crippen LogP contribution in [-0.2, 0) is 28.9 Å². The summed E-state index contributed by atoms with van der Waals surface area (Å²) in [5.74, 6) is -0.220. The number of aliphatic hydroxyl groups is 4. The van der Waals surface area contributed by atoms with Crippen molar-refractivity contribution in [3.8, 4) is 0 Å². The Hall–Kier alpha value is -1.16. The van der Waals surface area contributed by atoms with E-state index in [1.165, 1.54) is 334 Å². The number of ether oxygens (including phenoxy) is 2. The van der Waals surface area contributed by atoms with Gasteiger partial charge >= 0.3 is 10.4 Å². The van der Waals surface area contributed by atoms with Gasteiger partial charge in [-0.3, -0.25) is 9.35 Å². The van der Waals surface area contributed by atoms with Crippen molar-refractivity contribution in [3.05, 3.63) is 12.2 Å². The van der Waals surface area contributed by atoms with Crippen LogP contribution in [0.15, 0.2) is 12.2 Å². The summed E-state index contributed by atoms with van der Waals surface area (Å²) in [6.45, 7) is 3.54. The standard InChI is InChI=1S/C76H149NO11S/c1-3-5-7-9-11-13-15-17-19-21-23-25-27-29-30-31-32-33-34-35-36-37-38-39-40-42-44-46-48-50-52-54-56-58-60-62-64-66-72(80)77-69(68-86-76-74(82)75(88-89(83,84)85)73(81)71(67-78)87-76)70(79)65-63-61-59-57-55-53-51-49-47-45-43-41-28-26-24-22-20-18-16-14-12-10-8-6-4-2/h33-34,69-71,73-76,78-79,81-82H,3-32,35-68H2,1-2H3,(H,77,80)(H,83,84,85)/b34-33-. The molecule has 0 bridgehead atoms. The Morgan fingerprint density at radius 3 is 1.01 bits per heavy atom. The van der Waals surface area contributed by atoms with Gasteiger partial charge in [0.2, 0.25) is 5.91 Å². The fourth-order valence-electron chi connectivity index (χ4n) is 13.1. The highest BCUT2D eigenvalue weighted by Gasteiger charge is 2.48. The zero-order valence-corrected chi connectivity index (χ0v) is 59.4. The van der Waals surface area contributed by atoms with Crippen molar-refractivity contribution in [2.75, 3.05) is 13.2 Å². The Labute approximate surface area is 550 Å². The van der Waals surface area contributed by atoms with E-state index in [-0.39, 0.29) is 12.5 Å². The van der Waals surface area contributed by atoms with Gasteiger partial charge in [-0.25, -0.2) is 4.18 Å². The molecule has 6 N–H and O–H groups in total. The minimum absolute atomic E-state index is 0.220. The lowest BCUT2D eigenvalue weighted by Gasteiger charge is -2.41. The average molecular weight is 1290 g/mol. The molecular weight excluding hydrogens is 1130 g/mol. The molecule has 13 heteroatoms. The SMILES string of the molecule is CCCCCCCCCCCCCCCCCC/C=C\CCCCCCCCCCCCCCCCCCCC(=O)NC(COC1OC(CO)C(O)C(OS(=O)(=O)O)C1O)C(O)CCCCCCCCCCCCCCCCCCCCCCCCCCC. The molecule has 1 aliphatic heterocycles. The zero-order valence-electron chi connectivity index (χ0n) is 58.5. The predicted molar refractivity (Wildman–Crippen MR) is 375 cm³/mol. The summed E-state index contributed by atoms with van der Waals surface area (Å²) >= 11 is 0. The molecule has 12 nitrogen and oxygen atoms in total. The quantitative estimate of drug-likeness (QED) is 0.0193. The molecule has 1 heterocycles. The summed E-state index contributed by atoms with van der Waals surface area (Å²) in [5.41, 5.74) is 0. The molecule has 1 amide bonds. The number of rotatable bonds is 71. The Bertz CT molecular complexity index is 1600. The fourth-order valence-corrected chi connectivity index (χ4v) is 13.6. The highest BCUT2D eigenvalue weighted by Crippen LogP contribution is 2.27. The maximum atomic E-state index is 13.3. The first-order chi connectivity index (χ1) is 43.5. The summed E-state index contributed by atoms with van der Waals surface area (Å²) in [7, 11) is -5.09. The molecule has 1 saturated heterocycles. The van der Waals surface area contributed by atoms with Crippen LogP contribution in [0, 0.1) is 0 Å². The third-order valence-electron chi connectivity index (χ3n) is 19.1. The number of nitrogens with one attached hydrogen (secondary N) is 1. The molecule has 0 aromatic heterocycles. The second-order valence-corrected chi connectivity index (χ2v) is 28.7. The molecule has 0 aliphatic carbocycles. The average Bonchev–Trinajstić information content (AvgIpc) is 1.63. The fraction of sp³-hybridized carbons (Fsp3) is 0.961. The van der Waals surface area contributed by atoms with Gasteiger partial charge in [0, 0.05) is 6.42 Å². The van der Waals surface area contributed by atoms with E-state index in [9.17, 15) is 38.2 Å². The molecular formula is C76H149NO11S. The minimum Gasteiger partial charge on any atom is -0.394 e. The van der Waals surface area contributed by atoms with Crippen molar-refractivity contribution >= 4 is 16.3 Å². The maximum Gasteiger partial charge on any atom is 0.397 e. The molecule has 0 spiro atoms. The van der Waals surface area contributed by atoms with Crippen molar-refractivity contribution in [1.29, 1.82) is 0 Å². The first-order valence-corrected chi connectivity index (χ1v) is 40.4. The minimum atomic E-state index is -5.09. The molecule has 0 aromatic carbocycles. The normalized spacial score (nSPS) is 17.9. The monoisotopic (exact) mass is 1280 g/mol. The largest absolute Gasteiger partial charge is 0.397 e. The van der Waals surface area contributed by atoms with E-state index in [0.717, 1.165) is 51.4 Å². The third kappa shape index (κ3) is 56.9. The van der Waals surface area contributed by atoms with Crippen LogP contribution in [0.2, 0.25) is 0 Å². The zero-order chi connectivity index (χ0) is 64.6. The van der Waals surface area contributed by atoms with Gasteiger partial charge in [-0.1, -0.05) is 379 Å². The summed E-state index contributed by atoms with van der Waals surface area (Å²) < 4.78 is 48.2. The molecule has 89 heavy (non-hydrogen) atoms. The molecule has 0 radical (unpaired) electrons. The van der Waals surface area contributed by atoms with Gasteiger partial charge in [-0.05, 0) is 38.5 Å². The molecule has 7 atom stereocenters. The number of carbonyl (C=O) groups is 1. The molecule has 1 aliphatic rings. The van der Waals surface area contributed by atoms with Crippen molar-refractivity contribution in [3.63, 3.8) is 0 Å². The van der Waals surface area contributed by atoms with Crippen molar-refractivity contribution in [2.24, 2.45) is 0 Å². The van der Waals surface area contributed by atoms with Crippen molar-refractivity contribution in [1.82, 2.24) is 5.32 Å². The van der Waals surface area contributed by atoms with Gasteiger partial charge in [0.1, 0.15) is 24.4 Å². The Morgan fingerprint density at radius 2 is 0.719 bits per heavy atom. The number of carbonyl (C=O) groups excluding carboxylic acids is 1. The Kier molecular flexibility index (Phi) is 63.2. The van der Waals surface area contributed by atoms with Crippen LogP contribution in [0.1, 0.15) is 412 Å². The molecule has 1 rings (SSSR count). The molecule has 0 saturated carbocycles. The molecule has 1 fully saturated rings. The van der Waals surface area contributed by atoms with E-state index in [4.69, 9.17) is 9.47 Å². The second kappa shape index (κ2) is 65.5. The number of aliphatic hydroxyl groups excluding tert-OH is 4. The van der Waals surface area contributed by atoms with E-state index in [2.05, 4.69) is 35.5 Å². The van der Waals surface area contributed by atoms with Gasteiger partial charge in [0.15, 0.2) is 6.29 Å². The van der Waals surface area contributed by atoms with Crippen LogP contribution in [0.3, 0.4) is 0 Å². The lowest BCUT2D eigenvalue weighted by atomic mass is 9.99. The highest BCUT2D eigenvalue weighted by atomic mass is 32.3. The van der Waals surface area contributed by atoms with Crippen LogP contribution in [0.4, 0.5) is 0 Å². The van der Waals surface area contributed by atoms with Crippen LogP contribution in [0.25, 0.3) is 0 Å². The van der Waals surface area contributed by atoms with Crippen LogP contribution in [-0.4, -0.2) is 95.4 Å². The van der Waals surface area contributed by atoms with Gasteiger partial charge < -0.3 is 35.2 Å². The summed E-state index contributed by atoms with van der Waals surface area (Å²) in [4.78, 5) is 13.3. The highest BCUT2D eigenvalue weighted by molar-refractivity contribution is 7.80. The first-order valence-electron chi connectivity index (χ1n) is 39.1. The summed E-state index contributed by atoms with van der Waals surface area (Å²) in [5, 5.41) is 45.4. The number of amides is 1. The number of unbranched alkanes of at least 4 members (excludes halogenated alkanes) is 57. The van der Waals surface area contributed by atoms with Gasteiger partial charge in [0.25, 0.3) is 0 Å². The van der Waals surface area contributed by atoms with E-state index in [0.29, 0.717) is 12.8 Å². The number of hydrogen-bond donors (Lipinski definition) is 6. The number of hydrogen-bond acceptors (Lipinski definition) is 10. The Balaban J connectivity index is 2.16. The summed E-state index contributed by atoms with van der Waals surface area (Å²) in [6.07, 6.45) is 75.6. The smallest absolute Gasteiger partial charge is 0.394 e. The lowest BCUT2D eigenvalue weighted by molar-refractivity contribution is -0.298. The van der Waals surface area contributed by atoms with Gasteiger partial charge in [-0.15, -0.1) is 0 Å². The second-order valence-electron chi connectivity index (χ2n) is 27.7. The van der Waals surface area contributed by atoms with E-state index >= 15 is 0 Å². The predicted octanol–water partition coefficient (Wildman–Crippen LogP) is 21.3. The van der Waals surface area contributed by atoms with Crippen LogP contribution < -0.4 is 5.32 Å². The van der Waals surface area contributed by atoms with E-state index in [1.807, 2.05) is 0 Å². The van der Waals surface area contributed by atoms with Crippen LogP contribution in [0.5, 0.6) is 0 Å². The molecule has 0 aromatic rings. The van der Waals surface area contributed by atoms with Crippen LogP contribution >= 0.6 is 0 Å². The van der Waals surface area contributed by atoms with E-state index < -0.39 is 59.9 Å². The Morgan fingerprint density at radius 1 is 0.438 bits per heavy atom. The number of allylic oxidation sites excluding steroid dienone is 2. The third-order valence-corrected chi connectivity index (χ3v) is 19.5.